The molecule has 2 aliphatic rings. The first-order chi connectivity index (χ1) is 20.4. The van der Waals surface area contributed by atoms with Gasteiger partial charge < -0.3 is 19.8 Å². The van der Waals surface area contributed by atoms with Crippen LogP contribution in [0.4, 0.5) is 10.5 Å². The predicted molar refractivity (Wildman–Crippen MR) is 172 cm³/mol. The van der Waals surface area contributed by atoms with Crippen molar-refractivity contribution >= 4 is 63.6 Å². The Balaban J connectivity index is 1.41. The van der Waals surface area contributed by atoms with Gasteiger partial charge in [-0.1, -0.05) is 23.2 Å². The number of halogens is 2. The summed E-state index contributed by atoms with van der Waals surface area (Å²) >= 11 is 14.1. The molecule has 0 spiro atoms. The molecule has 44 heavy (non-hydrogen) atoms. The lowest BCUT2D eigenvalue weighted by atomic mass is 9.90. The van der Waals surface area contributed by atoms with Crippen LogP contribution in [0.25, 0.3) is 16.7 Å². The maximum absolute atomic E-state index is 13.6. The third-order valence-corrected chi connectivity index (χ3v) is 8.67. The van der Waals surface area contributed by atoms with Gasteiger partial charge in [0.25, 0.3) is 0 Å². The quantitative estimate of drug-likeness (QED) is 0.126. The van der Waals surface area contributed by atoms with E-state index in [4.69, 9.17) is 32.7 Å². The van der Waals surface area contributed by atoms with Crippen molar-refractivity contribution in [2.75, 3.05) is 5.32 Å². The van der Waals surface area contributed by atoms with Gasteiger partial charge in [-0.05, 0) is 90.8 Å². The van der Waals surface area contributed by atoms with Crippen LogP contribution in [0.3, 0.4) is 0 Å². The number of nitrogens with one attached hydrogen (secondary N) is 1. The number of hydrogen-bond donors (Lipinski definition) is 2. The maximum atomic E-state index is 13.6. The van der Waals surface area contributed by atoms with Crippen LogP contribution in [-0.2, 0) is 21.5 Å². The Morgan fingerprint density at radius 3 is 2.45 bits per heavy atom. The SMILES string of the molecule is CC(C)(C)OC(=O)Nc1ccc(Cl)cc1-c1cc2c([n+]([O-])c1)C(O)(C1=NC(Cl)=C(c3ccc(C(=O)OC(C)(C)C)s3)C1)CC2. The second kappa shape index (κ2) is 11.5. The Morgan fingerprint density at radius 2 is 1.77 bits per heavy atom. The molecule has 3 aromatic rings. The molecule has 0 saturated carbocycles. The smallest absolute Gasteiger partial charge is 0.412 e. The third-order valence-electron chi connectivity index (χ3n) is 6.99. The van der Waals surface area contributed by atoms with E-state index in [2.05, 4.69) is 10.3 Å². The van der Waals surface area contributed by atoms with E-state index in [1.165, 1.54) is 17.5 Å². The molecule has 5 rings (SSSR count). The summed E-state index contributed by atoms with van der Waals surface area (Å²) in [6.45, 7) is 10.7. The second-order valence-electron chi connectivity index (χ2n) is 12.8. The molecular formula is C32H33Cl2N3O6S. The summed E-state index contributed by atoms with van der Waals surface area (Å²) in [5.41, 5.74) is 0.312. The van der Waals surface area contributed by atoms with Crippen LogP contribution in [0.15, 0.2) is 52.7 Å². The van der Waals surface area contributed by atoms with Gasteiger partial charge in [-0.25, -0.2) is 14.6 Å². The average Bonchev–Trinajstić information content (AvgIpc) is 3.61. The minimum absolute atomic E-state index is 0.176. The molecule has 12 heteroatoms. The first-order valence-corrected chi connectivity index (χ1v) is 15.6. The Morgan fingerprint density at radius 1 is 1.07 bits per heavy atom. The number of pyridine rings is 1. The molecular weight excluding hydrogens is 625 g/mol. The molecule has 1 aliphatic carbocycles. The van der Waals surface area contributed by atoms with Crippen molar-refractivity contribution in [3.8, 4) is 11.1 Å². The van der Waals surface area contributed by atoms with Gasteiger partial charge in [0.15, 0.2) is 11.8 Å². The van der Waals surface area contributed by atoms with Crippen LogP contribution in [0.1, 0.15) is 80.2 Å². The molecule has 2 aromatic heterocycles. The van der Waals surface area contributed by atoms with Gasteiger partial charge in [-0.15, -0.1) is 11.3 Å². The van der Waals surface area contributed by atoms with E-state index in [9.17, 15) is 19.9 Å². The highest BCUT2D eigenvalue weighted by atomic mass is 35.5. The zero-order valence-corrected chi connectivity index (χ0v) is 27.5. The van der Waals surface area contributed by atoms with Gasteiger partial charge in [0.2, 0.25) is 5.69 Å². The van der Waals surface area contributed by atoms with Gasteiger partial charge in [-0.2, -0.15) is 4.73 Å². The summed E-state index contributed by atoms with van der Waals surface area (Å²) in [6.07, 6.45) is 1.55. The number of thiophene rings is 1. The van der Waals surface area contributed by atoms with E-state index in [-0.39, 0.29) is 23.7 Å². The molecule has 1 amide bonds. The van der Waals surface area contributed by atoms with Crippen LogP contribution in [-0.4, -0.2) is 34.1 Å². The number of benzene rings is 1. The molecule has 1 aliphatic heterocycles. The van der Waals surface area contributed by atoms with Crippen LogP contribution >= 0.6 is 34.5 Å². The molecule has 0 radical (unpaired) electrons. The number of hydrogen-bond acceptors (Lipinski definition) is 8. The lowest BCUT2D eigenvalue weighted by molar-refractivity contribution is -0.619. The van der Waals surface area contributed by atoms with E-state index in [0.29, 0.717) is 54.7 Å². The van der Waals surface area contributed by atoms with Gasteiger partial charge in [0, 0.05) is 38.6 Å². The van der Waals surface area contributed by atoms with Crippen LogP contribution in [0, 0.1) is 5.21 Å². The van der Waals surface area contributed by atoms with Gasteiger partial charge >= 0.3 is 12.1 Å². The largest absolute Gasteiger partial charge is 0.618 e. The summed E-state index contributed by atoms with van der Waals surface area (Å²) in [5.74, 6) is -0.430. The van der Waals surface area contributed by atoms with Crippen molar-refractivity contribution in [3.63, 3.8) is 0 Å². The lowest BCUT2D eigenvalue weighted by Gasteiger charge is -2.23. The summed E-state index contributed by atoms with van der Waals surface area (Å²) in [7, 11) is 0. The highest BCUT2D eigenvalue weighted by Gasteiger charge is 2.50. The molecule has 232 valence electrons. The van der Waals surface area contributed by atoms with Crippen molar-refractivity contribution < 1.29 is 28.9 Å². The minimum atomic E-state index is -1.64. The highest BCUT2D eigenvalue weighted by molar-refractivity contribution is 7.15. The van der Waals surface area contributed by atoms with Crippen molar-refractivity contribution in [1.29, 1.82) is 0 Å². The van der Waals surface area contributed by atoms with Crippen molar-refractivity contribution in [3.05, 3.63) is 79.0 Å². The average molecular weight is 659 g/mol. The first-order valence-electron chi connectivity index (χ1n) is 14.0. The zero-order chi connectivity index (χ0) is 32.2. The zero-order valence-electron chi connectivity index (χ0n) is 25.2. The number of aromatic nitrogens is 1. The number of carbonyl (C=O) groups excluding carboxylic acids is 2. The molecule has 9 nitrogen and oxygen atoms in total. The van der Waals surface area contributed by atoms with Crippen molar-refractivity contribution in [2.24, 2.45) is 4.99 Å². The van der Waals surface area contributed by atoms with Crippen LogP contribution in [0.2, 0.25) is 5.02 Å². The number of rotatable bonds is 5. The van der Waals surface area contributed by atoms with E-state index >= 15 is 0 Å². The number of anilines is 1. The van der Waals surface area contributed by atoms with E-state index in [1.807, 2.05) is 6.07 Å². The number of nitrogens with zero attached hydrogens (tertiary/aromatic N) is 2. The number of allylic oxidation sites excluding steroid dienone is 1. The van der Waals surface area contributed by atoms with Crippen molar-refractivity contribution in [1.82, 2.24) is 0 Å². The summed E-state index contributed by atoms with van der Waals surface area (Å²) < 4.78 is 11.5. The molecule has 1 unspecified atom stereocenters. The van der Waals surface area contributed by atoms with E-state index in [0.717, 1.165) is 4.88 Å². The highest BCUT2D eigenvalue weighted by Crippen LogP contribution is 2.45. The number of esters is 1. The number of aliphatic imine (C=N–C) groups is 1. The number of amides is 1. The Kier molecular flexibility index (Phi) is 8.35. The van der Waals surface area contributed by atoms with Gasteiger partial charge in [-0.3, -0.25) is 5.32 Å². The molecule has 0 fully saturated rings. The number of ether oxygens (including phenoxy) is 2. The summed E-state index contributed by atoms with van der Waals surface area (Å²) in [4.78, 5) is 30.7. The van der Waals surface area contributed by atoms with Crippen LogP contribution in [0.5, 0.6) is 0 Å². The summed E-state index contributed by atoms with van der Waals surface area (Å²) in [5, 5.41) is 28.8. The molecule has 1 aromatic carbocycles. The Hall–Kier alpha value is -3.44. The number of aryl methyl sites for hydroxylation is 1. The fourth-order valence-corrected chi connectivity index (χ4v) is 6.66. The third kappa shape index (κ3) is 6.63. The lowest BCUT2D eigenvalue weighted by Crippen LogP contribution is -2.45. The number of fused-ring (bicyclic) bond motifs is 1. The molecule has 0 bridgehead atoms. The van der Waals surface area contributed by atoms with Gasteiger partial charge in [0.1, 0.15) is 21.2 Å². The number of aliphatic hydroxyl groups is 1. The molecule has 1 atom stereocenters. The topological polar surface area (TPSA) is 124 Å². The van der Waals surface area contributed by atoms with E-state index in [1.54, 1.807) is 71.9 Å². The summed E-state index contributed by atoms with van der Waals surface area (Å²) in [6, 6.07) is 10.2. The fraction of sp³-hybridized carbons (Fsp3) is 0.375. The fourth-order valence-electron chi connectivity index (χ4n) is 5.24. The maximum Gasteiger partial charge on any atom is 0.412 e. The molecule has 3 heterocycles. The van der Waals surface area contributed by atoms with E-state index < -0.39 is 28.9 Å². The monoisotopic (exact) mass is 657 g/mol. The second-order valence-corrected chi connectivity index (χ2v) is 14.7. The standard InChI is InChI=1S/C32H33Cl2N3O6S/c1-30(2,3)42-28(38)24-10-9-23(44-24)21-15-25(36-27(21)34)32(40)12-11-17-13-18(16-37(41)26(17)32)20-14-19(33)7-8-22(20)35-29(39)43-31(4,5)6/h7-10,13-14,16,40H,11-12,15H2,1-6H3,(H,35,39). The van der Waals surface area contributed by atoms with Gasteiger partial charge in [0.05, 0.1) is 11.4 Å². The Bertz CT molecular complexity index is 1730. The number of carbonyl (C=O) groups is 2. The molecule has 0 saturated heterocycles. The normalized spacial score (nSPS) is 18.2. The van der Waals surface area contributed by atoms with Crippen LogP contribution < -0.4 is 10.0 Å². The van der Waals surface area contributed by atoms with Crippen molar-refractivity contribution in [2.45, 2.75) is 77.6 Å². The molecule has 2 N–H and O–H groups in total. The first kappa shape index (κ1) is 32.0. The predicted octanol–water partition coefficient (Wildman–Crippen LogP) is 7.59. The Labute approximate surface area is 269 Å². The minimum Gasteiger partial charge on any atom is -0.618 e.